The van der Waals surface area contributed by atoms with E-state index in [0.29, 0.717) is 23.7 Å². The fraction of sp³-hybridized carbons (Fsp3) is 0.423. The van der Waals surface area contributed by atoms with Crippen LogP contribution < -0.4 is 10.3 Å². The van der Waals surface area contributed by atoms with E-state index in [1.54, 1.807) is 22.8 Å². The van der Waals surface area contributed by atoms with Gasteiger partial charge in [-0.1, -0.05) is 19.9 Å². The van der Waals surface area contributed by atoms with Gasteiger partial charge >= 0.3 is 0 Å². The number of piperidine rings is 1. The summed E-state index contributed by atoms with van der Waals surface area (Å²) < 4.78 is 43.9. The molecule has 0 saturated carbocycles. The van der Waals surface area contributed by atoms with Crippen LogP contribution in [-0.2, 0) is 16.4 Å². The Kier molecular flexibility index (Phi) is 6.36. The van der Waals surface area contributed by atoms with Crippen LogP contribution in [0.25, 0.3) is 10.9 Å². The average molecular weight is 471 g/mol. The Balaban J connectivity index is 1.93. The van der Waals surface area contributed by atoms with E-state index in [-0.39, 0.29) is 15.2 Å². The van der Waals surface area contributed by atoms with Crippen molar-refractivity contribution in [3.8, 4) is 0 Å². The van der Waals surface area contributed by atoms with Gasteiger partial charge in [0.15, 0.2) is 0 Å². The third-order valence-corrected chi connectivity index (χ3v) is 8.40. The van der Waals surface area contributed by atoms with Crippen molar-refractivity contribution < 1.29 is 12.8 Å². The molecule has 2 heterocycles. The van der Waals surface area contributed by atoms with Gasteiger partial charge in [-0.3, -0.25) is 4.79 Å². The molecule has 1 fully saturated rings. The number of hydrogen-bond donors (Lipinski definition) is 0. The minimum Gasteiger partial charge on any atom is -0.369 e. The minimum atomic E-state index is -4.06. The molecule has 1 aromatic heterocycles. The van der Waals surface area contributed by atoms with E-state index < -0.39 is 21.1 Å². The molecule has 0 spiro atoms. The molecule has 1 atom stereocenters. The Labute approximate surface area is 194 Å². The van der Waals surface area contributed by atoms with Crippen molar-refractivity contribution in [2.75, 3.05) is 18.0 Å². The summed E-state index contributed by atoms with van der Waals surface area (Å²) in [7, 11) is -4.06. The number of halogens is 1. The van der Waals surface area contributed by atoms with Crippen molar-refractivity contribution in [2.24, 2.45) is 5.92 Å². The van der Waals surface area contributed by atoms with Crippen LogP contribution in [-0.4, -0.2) is 26.1 Å². The number of rotatable bonds is 5. The highest BCUT2D eigenvalue weighted by Crippen LogP contribution is 2.30. The number of hydrogen-bond acceptors (Lipinski definition) is 4. The fourth-order valence-corrected chi connectivity index (χ4v) is 6.10. The van der Waals surface area contributed by atoms with Gasteiger partial charge in [0.05, 0.1) is 21.5 Å². The lowest BCUT2D eigenvalue weighted by molar-refractivity contribution is 0.442. The summed E-state index contributed by atoms with van der Waals surface area (Å²) in [6.45, 7) is 9.93. The molecule has 0 N–H and O–H groups in total. The molecule has 7 heteroatoms. The second-order valence-electron chi connectivity index (χ2n) is 9.28. The number of aromatic nitrogens is 1. The molecule has 0 radical (unpaired) electrons. The molecule has 1 aliphatic heterocycles. The predicted molar refractivity (Wildman–Crippen MR) is 130 cm³/mol. The Hall–Kier alpha value is -2.67. The topological polar surface area (TPSA) is 59.4 Å². The summed E-state index contributed by atoms with van der Waals surface area (Å²) in [5.41, 5.74) is 2.18. The van der Waals surface area contributed by atoms with Crippen LogP contribution in [0.1, 0.15) is 44.2 Å². The van der Waals surface area contributed by atoms with Gasteiger partial charge < -0.3 is 9.47 Å². The first-order chi connectivity index (χ1) is 15.6. The Morgan fingerprint density at radius 2 is 1.88 bits per heavy atom. The van der Waals surface area contributed by atoms with Crippen LogP contribution in [0.5, 0.6) is 0 Å². The van der Waals surface area contributed by atoms with E-state index in [1.807, 2.05) is 25.7 Å². The van der Waals surface area contributed by atoms with Crippen LogP contribution >= 0.6 is 0 Å². The van der Waals surface area contributed by atoms with Crippen molar-refractivity contribution in [3.05, 3.63) is 63.7 Å². The lowest BCUT2D eigenvalue weighted by Gasteiger charge is -2.33. The van der Waals surface area contributed by atoms with Gasteiger partial charge in [-0.2, -0.15) is 0 Å². The second kappa shape index (κ2) is 8.93. The van der Waals surface area contributed by atoms with Crippen molar-refractivity contribution in [3.63, 3.8) is 0 Å². The van der Waals surface area contributed by atoms with Crippen molar-refractivity contribution in [2.45, 2.75) is 63.3 Å². The van der Waals surface area contributed by atoms with Gasteiger partial charge in [-0.15, -0.1) is 0 Å². The van der Waals surface area contributed by atoms with Crippen LogP contribution in [0.4, 0.5) is 10.1 Å². The third kappa shape index (κ3) is 4.31. The van der Waals surface area contributed by atoms with E-state index in [0.717, 1.165) is 43.5 Å². The minimum absolute atomic E-state index is 0.0736. The van der Waals surface area contributed by atoms with E-state index in [2.05, 4.69) is 6.92 Å². The first kappa shape index (κ1) is 23.5. The largest absolute Gasteiger partial charge is 0.369 e. The zero-order chi connectivity index (χ0) is 23.9. The van der Waals surface area contributed by atoms with Crippen molar-refractivity contribution in [1.29, 1.82) is 0 Å². The van der Waals surface area contributed by atoms with Crippen LogP contribution in [0.2, 0.25) is 0 Å². The van der Waals surface area contributed by atoms with E-state index in [4.69, 9.17) is 0 Å². The monoisotopic (exact) mass is 470 g/mol. The lowest BCUT2D eigenvalue weighted by atomic mass is 9.99. The van der Waals surface area contributed by atoms with Gasteiger partial charge in [-0.25, -0.2) is 12.8 Å². The molecule has 33 heavy (non-hydrogen) atoms. The number of anilines is 1. The second-order valence-corrected chi connectivity index (χ2v) is 11.2. The third-order valence-electron chi connectivity index (χ3n) is 6.66. The number of nitrogens with zero attached hydrogens (tertiary/aromatic N) is 2. The Bertz CT molecular complexity index is 1380. The summed E-state index contributed by atoms with van der Waals surface area (Å²) >= 11 is 0. The summed E-state index contributed by atoms with van der Waals surface area (Å²) in [5, 5.41) is 0.0969. The number of aryl methyl sites for hydroxylation is 3. The first-order valence-electron chi connectivity index (χ1n) is 11.6. The maximum atomic E-state index is 15.2. The van der Waals surface area contributed by atoms with E-state index in [1.165, 1.54) is 18.3 Å². The summed E-state index contributed by atoms with van der Waals surface area (Å²) in [4.78, 5) is 15.2. The molecular formula is C26H31FN2O3S. The SMILES string of the molecule is CCCn1cc(S(=O)(=O)c2ccc(C)c(C)c2)c(=O)c2cc(F)c(N3CCC[C@H](C)C3)cc21. The summed E-state index contributed by atoms with van der Waals surface area (Å²) in [6, 6.07) is 7.77. The number of pyridine rings is 1. The Morgan fingerprint density at radius 3 is 2.55 bits per heavy atom. The quantitative estimate of drug-likeness (QED) is 0.512. The zero-order valence-electron chi connectivity index (χ0n) is 19.7. The molecule has 5 nitrogen and oxygen atoms in total. The highest BCUT2D eigenvalue weighted by Gasteiger charge is 2.26. The maximum Gasteiger partial charge on any atom is 0.211 e. The lowest BCUT2D eigenvalue weighted by Crippen LogP contribution is -2.35. The molecule has 3 aromatic rings. The molecule has 176 valence electrons. The molecule has 1 aliphatic rings. The van der Waals surface area contributed by atoms with Crippen molar-refractivity contribution >= 4 is 26.4 Å². The van der Waals surface area contributed by atoms with Crippen LogP contribution in [0.15, 0.2) is 51.1 Å². The summed E-state index contributed by atoms with van der Waals surface area (Å²) in [6.07, 6.45) is 4.28. The maximum absolute atomic E-state index is 15.2. The highest BCUT2D eigenvalue weighted by atomic mass is 32.2. The van der Waals surface area contributed by atoms with E-state index >= 15 is 4.39 Å². The fourth-order valence-electron chi connectivity index (χ4n) is 4.65. The van der Waals surface area contributed by atoms with Gasteiger partial charge in [-0.05, 0) is 74.4 Å². The molecular weight excluding hydrogens is 439 g/mol. The van der Waals surface area contributed by atoms with Gasteiger partial charge in [0.1, 0.15) is 10.7 Å². The molecule has 1 saturated heterocycles. The molecule has 0 bridgehead atoms. The van der Waals surface area contributed by atoms with Gasteiger partial charge in [0.2, 0.25) is 15.3 Å². The number of sulfone groups is 1. The molecule has 0 unspecified atom stereocenters. The van der Waals surface area contributed by atoms with Crippen LogP contribution in [0, 0.1) is 25.6 Å². The van der Waals surface area contributed by atoms with E-state index in [9.17, 15) is 13.2 Å². The average Bonchev–Trinajstić information content (AvgIpc) is 2.77. The molecule has 0 amide bonds. The first-order valence-corrected chi connectivity index (χ1v) is 13.1. The standard InChI is InChI=1S/C26H31FN2O3S/c1-5-10-28-16-25(33(31,32)20-9-8-18(3)19(4)12-20)26(30)21-13-22(27)24(14-23(21)28)29-11-6-7-17(2)15-29/h8-9,12-14,16-17H,5-7,10-11,15H2,1-4H3/t17-/m0/s1. The predicted octanol–water partition coefficient (Wildman–Crippen LogP) is 5.24. The van der Waals surface area contributed by atoms with Gasteiger partial charge in [0, 0.05) is 25.8 Å². The molecule has 0 aliphatic carbocycles. The zero-order valence-corrected chi connectivity index (χ0v) is 20.5. The Morgan fingerprint density at radius 1 is 1.12 bits per heavy atom. The molecule has 2 aromatic carbocycles. The summed E-state index contributed by atoms with van der Waals surface area (Å²) in [5.74, 6) is -0.0188. The molecule has 4 rings (SSSR count). The highest BCUT2D eigenvalue weighted by molar-refractivity contribution is 7.91. The number of benzene rings is 2. The van der Waals surface area contributed by atoms with Crippen LogP contribution in [0.3, 0.4) is 0 Å². The normalized spacial score (nSPS) is 17.0. The smallest absolute Gasteiger partial charge is 0.211 e. The van der Waals surface area contributed by atoms with Crippen molar-refractivity contribution in [1.82, 2.24) is 4.57 Å². The number of fused-ring (bicyclic) bond motifs is 1. The van der Waals surface area contributed by atoms with Gasteiger partial charge in [0.25, 0.3) is 0 Å².